The van der Waals surface area contributed by atoms with Gasteiger partial charge in [0.1, 0.15) is 22.4 Å². The molecule has 0 bridgehead atoms. The largest absolute Gasteiger partial charge is 0.364 e. The van der Waals surface area contributed by atoms with Crippen molar-refractivity contribution in [1.82, 2.24) is 10.2 Å². The number of hydrogen-bond acceptors (Lipinski definition) is 9. The molecule has 1 aromatic carbocycles. The average molecular weight is 636 g/mol. The molecule has 1 aliphatic heterocycles. The Bertz CT molecular complexity index is 942. The summed E-state index contributed by atoms with van der Waals surface area (Å²) >= 11 is 2.16. The van der Waals surface area contributed by atoms with Crippen molar-refractivity contribution in [3.8, 4) is 0 Å². The number of anilines is 1. The molecular formula is C23H30IN3O6S2. The van der Waals surface area contributed by atoms with Crippen molar-refractivity contribution >= 4 is 79.2 Å². The first-order chi connectivity index (χ1) is 16.5. The van der Waals surface area contributed by atoms with E-state index in [2.05, 4.69) is 33.2 Å². The second kappa shape index (κ2) is 14.3. The molecule has 2 rings (SSSR count). The fourth-order valence-electron chi connectivity index (χ4n) is 2.79. The number of carbonyl (C=O) groups is 5. The van der Waals surface area contributed by atoms with E-state index in [-0.39, 0.29) is 58.8 Å². The van der Waals surface area contributed by atoms with Crippen molar-refractivity contribution in [3.05, 3.63) is 29.8 Å². The third-order valence-corrected chi connectivity index (χ3v) is 10.4. The summed E-state index contributed by atoms with van der Waals surface area (Å²) in [5.74, 6) is -0.757. The van der Waals surface area contributed by atoms with Crippen LogP contribution in [0, 0.1) is 0 Å². The van der Waals surface area contributed by atoms with E-state index in [0.29, 0.717) is 25.1 Å². The first kappa shape index (κ1) is 29.7. The van der Waals surface area contributed by atoms with E-state index in [1.165, 1.54) is 33.4 Å². The van der Waals surface area contributed by atoms with E-state index < -0.39 is 4.75 Å². The van der Waals surface area contributed by atoms with Crippen molar-refractivity contribution in [2.45, 2.75) is 48.2 Å². The summed E-state index contributed by atoms with van der Waals surface area (Å²) in [6.45, 7) is 5.43. The number of amides is 3. The minimum atomic E-state index is -0.720. The predicted molar refractivity (Wildman–Crippen MR) is 146 cm³/mol. The normalized spacial score (nSPS) is 14.3. The lowest BCUT2D eigenvalue weighted by Gasteiger charge is -2.28. The number of carbonyl (C=O) groups excluding carboxylic acids is 5. The van der Waals surface area contributed by atoms with Crippen LogP contribution in [0.15, 0.2) is 24.3 Å². The molecule has 1 atom stereocenters. The molecule has 0 aromatic heterocycles. The van der Waals surface area contributed by atoms with Gasteiger partial charge in [0.05, 0.1) is 11.3 Å². The van der Waals surface area contributed by atoms with Crippen molar-refractivity contribution in [3.63, 3.8) is 0 Å². The summed E-state index contributed by atoms with van der Waals surface area (Å²) in [6.07, 6.45) is 1.22. The van der Waals surface area contributed by atoms with Crippen LogP contribution in [-0.2, 0) is 35.1 Å². The van der Waals surface area contributed by atoms with Gasteiger partial charge in [0.25, 0.3) is 0 Å². The number of likely N-dealkylation sites (tertiary alicyclic amines) is 1. The van der Waals surface area contributed by atoms with Gasteiger partial charge >= 0.3 is 0 Å². The molecule has 1 saturated heterocycles. The van der Waals surface area contributed by atoms with Crippen LogP contribution in [0.1, 0.15) is 39.2 Å². The molecule has 3 amide bonds. The molecule has 0 saturated carbocycles. The van der Waals surface area contributed by atoms with Gasteiger partial charge in [-0.15, -0.1) is 0 Å². The van der Waals surface area contributed by atoms with E-state index in [0.717, 1.165) is 5.56 Å². The van der Waals surface area contributed by atoms with Gasteiger partial charge in [-0.2, -0.15) is 0 Å². The Morgan fingerprint density at radius 3 is 2.43 bits per heavy atom. The van der Waals surface area contributed by atoms with E-state index >= 15 is 0 Å². The number of Topliss-reactive ketones (excluding diaryl/α,β-unsaturated/α-hetero) is 2. The Morgan fingerprint density at radius 2 is 1.86 bits per heavy atom. The summed E-state index contributed by atoms with van der Waals surface area (Å²) in [5, 5.41) is 5.77. The third-order valence-electron chi connectivity index (χ3n) is 5.01. The summed E-state index contributed by atoms with van der Waals surface area (Å²) in [7, 11) is 2.84. The molecule has 12 heteroatoms. The molecule has 1 fully saturated rings. The monoisotopic (exact) mass is 635 g/mol. The van der Waals surface area contributed by atoms with Crippen LogP contribution < -0.4 is 10.6 Å². The SMILES string of the molecule is CC(=O)CNC(I)SSC(C)(C)C(=O)COCC(=O)Nc1ccc(CCC(=O)N2CCC2=O)cc1. The molecule has 192 valence electrons. The van der Waals surface area contributed by atoms with Crippen LogP contribution in [0.4, 0.5) is 5.69 Å². The van der Waals surface area contributed by atoms with Crippen molar-refractivity contribution in [2.24, 2.45) is 0 Å². The van der Waals surface area contributed by atoms with Crippen LogP contribution in [0.3, 0.4) is 0 Å². The van der Waals surface area contributed by atoms with Gasteiger partial charge in [-0.05, 0) is 44.9 Å². The summed E-state index contributed by atoms with van der Waals surface area (Å²) in [5.41, 5.74) is 1.50. The number of nitrogens with zero attached hydrogens (tertiary/aromatic N) is 1. The number of benzene rings is 1. The summed E-state index contributed by atoms with van der Waals surface area (Å²) < 4.78 is 4.57. The van der Waals surface area contributed by atoms with E-state index in [1.54, 1.807) is 26.0 Å². The molecule has 35 heavy (non-hydrogen) atoms. The number of aryl methyl sites for hydroxylation is 1. The quantitative estimate of drug-likeness (QED) is 0.0749. The highest BCUT2D eigenvalue weighted by atomic mass is 127. The second-order valence-electron chi connectivity index (χ2n) is 8.44. The Labute approximate surface area is 226 Å². The number of halogens is 1. The Balaban J connectivity index is 1.66. The highest BCUT2D eigenvalue weighted by Crippen LogP contribution is 2.40. The number of rotatable bonds is 15. The number of ether oxygens (including phenoxy) is 1. The van der Waals surface area contributed by atoms with Gasteiger partial charge < -0.3 is 10.1 Å². The minimum Gasteiger partial charge on any atom is -0.364 e. The Hall–Kier alpha value is -1.48. The van der Waals surface area contributed by atoms with E-state index in [9.17, 15) is 24.0 Å². The maximum atomic E-state index is 12.5. The fourth-order valence-corrected chi connectivity index (χ4v) is 6.03. The second-order valence-corrected chi connectivity index (χ2v) is 13.5. The number of ketones is 2. The first-order valence-corrected chi connectivity index (χ1v) is 14.5. The zero-order chi connectivity index (χ0) is 26.0. The molecule has 0 aliphatic carbocycles. The van der Waals surface area contributed by atoms with Crippen LogP contribution in [0.2, 0.25) is 0 Å². The lowest BCUT2D eigenvalue weighted by molar-refractivity contribution is -0.152. The van der Waals surface area contributed by atoms with Gasteiger partial charge in [0.2, 0.25) is 17.7 Å². The van der Waals surface area contributed by atoms with Crippen molar-refractivity contribution in [1.29, 1.82) is 0 Å². The molecular weight excluding hydrogens is 605 g/mol. The number of alkyl halides is 1. The topological polar surface area (TPSA) is 122 Å². The number of nitrogens with one attached hydrogen (secondary N) is 2. The Kier molecular flexibility index (Phi) is 12.2. The van der Waals surface area contributed by atoms with Gasteiger partial charge in [0, 0.05) is 25.1 Å². The molecule has 1 aromatic rings. The van der Waals surface area contributed by atoms with Crippen molar-refractivity contribution in [2.75, 3.05) is 31.6 Å². The minimum absolute atomic E-state index is 0.0307. The first-order valence-electron chi connectivity index (χ1n) is 11.0. The highest BCUT2D eigenvalue weighted by Gasteiger charge is 2.30. The summed E-state index contributed by atoms with van der Waals surface area (Å²) in [4.78, 5) is 60.2. The van der Waals surface area contributed by atoms with Gasteiger partial charge in [0.15, 0.2) is 5.78 Å². The average Bonchev–Trinajstić information content (AvgIpc) is 2.79. The Morgan fingerprint density at radius 1 is 1.17 bits per heavy atom. The van der Waals surface area contributed by atoms with Crippen LogP contribution in [0.5, 0.6) is 0 Å². The zero-order valence-electron chi connectivity index (χ0n) is 19.9. The summed E-state index contributed by atoms with van der Waals surface area (Å²) in [6, 6.07) is 7.09. The highest BCUT2D eigenvalue weighted by molar-refractivity contribution is 14.1. The van der Waals surface area contributed by atoms with E-state index in [4.69, 9.17) is 4.74 Å². The smallest absolute Gasteiger partial charge is 0.250 e. The maximum Gasteiger partial charge on any atom is 0.250 e. The third kappa shape index (κ3) is 10.6. The van der Waals surface area contributed by atoms with Crippen LogP contribution in [0.25, 0.3) is 0 Å². The molecule has 2 N–H and O–H groups in total. The van der Waals surface area contributed by atoms with Crippen molar-refractivity contribution < 1.29 is 28.7 Å². The lowest BCUT2D eigenvalue weighted by Crippen LogP contribution is -2.47. The molecule has 0 radical (unpaired) electrons. The van der Waals surface area contributed by atoms with Gasteiger partial charge in [-0.25, -0.2) is 0 Å². The fraction of sp³-hybridized carbons (Fsp3) is 0.522. The van der Waals surface area contributed by atoms with Crippen LogP contribution >= 0.6 is 44.2 Å². The number of imide groups is 1. The molecule has 1 unspecified atom stereocenters. The molecule has 1 heterocycles. The van der Waals surface area contributed by atoms with Crippen LogP contribution in [-0.4, -0.2) is 68.6 Å². The molecule has 9 nitrogen and oxygen atoms in total. The predicted octanol–water partition coefficient (Wildman–Crippen LogP) is 2.96. The zero-order valence-corrected chi connectivity index (χ0v) is 23.7. The standard InChI is InChI=1S/C23H30IN3O6S2/c1-15(28)12-25-22(24)34-35-23(2,3)18(29)13-33-14-19(30)26-17-7-4-16(5-8-17)6-9-20(31)27-11-10-21(27)32/h4-5,7-8,22,25H,6,9-14H2,1-3H3,(H,26,30). The maximum absolute atomic E-state index is 12.5. The van der Waals surface area contributed by atoms with Gasteiger partial charge in [-0.3, -0.25) is 34.2 Å². The molecule has 1 aliphatic rings. The lowest BCUT2D eigenvalue weighted by atomic mass is 10.1. The van der Waals surface area contributed by atoms with Gasteiger partial charge in [-0.1, -0.05) is 56.3 Å². The number of hydrogen-bond donors (Lipinski definition) is 2. The number of β-lactam (4-membered cyclic amide) rings is 1. The van der Waals surface area contributed by atoms with E-state index in [1.807, 2.05) is 12.1 Å². The molecule has 0 spiro atoms.